The molecule has 5 rings (SSSR count). The van der Waals surface area contributed by atoms with Crippen molar-refractivity contribution in [2.45, 2.75) is 39.0 Å². The molecular weight excluding hydrogens is 496 g/mol. The molecule has 10 nitrogen and oxygen atoms in total. The van der Waals surface area contributed by atoms with E-state index in [0.717, 1.165) is 22.3 Å². The Morgan fingerprint density at radius 3 is 2.41 bits per heavy atom. The average molecular weight is 525 g/mol. The van der Waals surface area contributed by atoms with Crippen LogP contribution in [0.15, 0.2) is 76.5 Å². The standard InChI is InChI=1S/C29H28N6O4/c1-19(2)35-25(17-34(29(35)38)16-24-26(36)27(37)33-18-32-24)23-11-9-21(10-12-23)4-3-20-5-7-22(8-6-20)15-31-28-30-13-14-39-28/h5-14,18-19,25,36H,15-17H2,1-2H3,(H,30,31)(H,32,33,37). The maximum atomic E-state index is 13.2. The van der Waals surface area contributed by atoms with Gasteiger partial charge in [-0.15, -0.1) is 0 Å². The molecule has 198 valence electrons. The van der Waals surface area contributed by atoms with E-state index in [9.17, 15) is 14.7 Å². The Labute approximate surface area is 225 Å². The summed E-state index contributed by atoms with van der Waals surface area (Å²) in [5.74, 6) is 5.92. The fourth-order valence-electron chi connectivity index (χ4n) is 4.50. The van der Waals surface area contributed by atoms with E-state index >= 15 is 0 Å². The van der Waals surface area contributed by atoms with Crippen LogP contribution < -0.4 is 10.9 Å². The van der Waals surface area contributed by atoms with E-state index in [-0.39, 0.29) is 30.4 Å². The molecule has 1 unspecified atom stereocenters. The number of carbonyl (C=O) groups excluding carboxylic acids is 1. The first-order valence-corrected chi connectivity index (χ1v) is 12.6. The summed E-state index contributed by atoms with van der Waals surface area (Å²) < 4.78 is 5.18. The molecule has 1 saturated heterocycles. The van der Waals surface area contributed by atoms with Crippen molar-refractivity contribution >= 4 is 12.0 Å². The van der Waals surface area contributed by atoms with Crippen molar-refractivity contribution < 1.29 is 14.3 Å². The highest BCUT2D eigenvalue weighted by Gasteiger charge is 2.39. The van der Waals surface area contributed by atoms with Crippen LogP contribution >= 0.6 is 0 Å². The van der Waals surface area contributed by atoms with Gasteiger partial charge >= 0.3 is 6.03 Å². The lowest BCUT2D eigenvalue weighted by molar-refractivity contribution is 0.171. The molecule has 1 fully saturated rings. The van der Waals surface area contributed by atoms with Gasteiger partial charge < -0.3 is 29.6 Å². The molecule has 0 radical (unpaired) electrons. The number of carbonyl (C=O) groups is 1. The molecule has 0 spiro atoms. The van der Waals surface area contributed by atoms with Crippen LogP contribution in [0.5, 0.6) is 5.75 Å². The fourth-order valence-corrected chi connectivity index (χ4v) is 4.50. The van der Waals surface area contributed by atoms with Crippen LogP contribution in [-0.4, -0.2) is 48.5 Å². The molecule has 4 aromatic rings. The summed E-state index contributed by atoms with van der Waals surface area (Å²) in [5, 5.41) is 13.2. The lowest BCUT2D eigenvalue weighted by Gasteiger charge is -2.27. The van der Waals surface area contributed by atoms with Crippen LogP contribution in [0.25, 0.3) is 0 Å². The number of H-pyrrole nitrogens is 1. The fraction of sp³-hybridized carbons (Fsp3) is 0.241. The summed E-state index contributed by atoms with van der Waals surface area (Å²) in [7, 11) is 0. The molecule has 3 heterocycles. The number of nitrogens with zero attached hydrogens (tertiary/aromatic N) is 4. The second-order valence-corrected chi connectivity index (χ2v) is 9.47. The minimum absolute atomic E-state index is 0.0405. The van der Waals surface area contributed by atoms with Gasteiger partial charge in [-0.3, -0.25) is 4.79 Å². The van der Waals surface area contributed by atoms with Gasteiger partial charge in [0.15, 0.2) is 0 Å². The van der Waals surface area contributed by atoms with Crippen LogP contribution in [-0.2, 0) is 13.1 Å². The quantitative estimate of drug-likeness (QED) is 0.313. The van der Waals surface area contributed by atoms with Crippen molar-refractivity contribution in [2.75, 3.05) is 11.9 Å². The van der Waals surface area contributed by atoms with E-state index in [1.165, 1.54) is 12.6 Å². The number of hydrogen-bond acceptors (Lipinski definition) is 7. The van der Waals surface area contributed by atoms with Crippen LogP contribution in [0, 0.1) is 11.8 Å². The number of aromatic hydroxyl groups is 1. The molecular formula is C29H28N6O4. The number of rotatable bonds is 7. The lowest BCUT2D eigenvalue weighted by atomic mass is 10.0. The van der Waals surface area contributed by atoms with Gasteiger partial charge in [-0.05, 0) is 49.2 Å². The minimum Gasteiger partial charge on any atom is -0.502 e. The van der Waals surface area contributed by atoms with E-state index in [1.54, 1.807) is 11.1 Å². The summed E-state index contributed by atoms with van der Waals surface area (Å²) in [6.45, 7) is 4.99. The smallest absolute Gasteiger partial charge is 0.321 e. The zero-order valence-corrected chi connectivity index (χ0v) is 21.6. The molecule has 2 amide bonds. The number of aromatic nitrogens is 3. The van der Waals surface area contributed by atoms with Gasteiger partial charge in [-0.1, -0.05) is 36.1 Å². The van der Waals surface area contributed by atoms with E-state index in [4.69, 9.17) is 4.42 Å². The second kappa shape index (κ2) is 11.1. The number of nitrogens with one attached hydrogen (secondary N) is 2. The van der Waals surface area contributed by atoms with Crippen LogP contribution in [0.3, 0.4) is 0 Å². The van der Waals surface area contributed by atoms with Gasteiger partial charge in [0.25, 0.3) is 11.6 Å². The summed E-state index contributed by atoms with van der Waals surface area (Å²) >= 11 is 0. The predicted octanol–water partition coefficient (Wildman–Crippen LogP) is 3.86. The zero-order chi connectivity index (χ0) is 27.4. The van der Waals surface area contributed by atoms with Crippen molar-refractivity contribution in [2.24, 2.45) is 0 Å². The van der Waals surface area contributed by atoms with Crippen molar-refractivity contribution in [3.8, 4) is 17.6 Å². The molecule has 1 aliphatic rings. The Balaban J connectivity index is 1.26. The second-order valence-electron chi connectivity index (χ2n) is 9.47. The van der Waals surface area contributed by atoms with Crippen LogP contribution in [0.2, 0.25) is 0 Å². The highest BCUT2D eigenvalue weighted by atomic mass is 16.4. The first-order valence-electron chi connectivity index (χ1n) is 12.6. The monoisotopic (exact) mass is 524 g/mol. The van der Waals surface area contributed by atoms with Crippen molar-refractivity contribution in [3.05, 3.63) is 106 Å². The number of anilines is 1. The molecule has 39 heavy (non-hydrogen) atoms. The first-order chi connectivity index (χ1) is 18.9. The van der Waals surface area contributed by atoms with Gasteiger partial charge in [0.1, 0.15) is 12.0 Å². The van der Waals surface area contributed by atoms with Gasteiger partial charge in [-0.25, -0.2) is 14.8 Å². The Morgan fingerprint density at radius 2 is 1.77 bits per heavy atom. The predicted molar refractivity (Wildman–Crippen MR) is 145 cm³/mol. The van der Waals surface area contributed by atoms with Crippen molar-refractivity contribution in [1.29, 1.82) is 0 Å². The number of urea groups is 1. The maximum absolute atomic E-state index is 13.2. The molecule has 1 aliphatic heterocycles. The van der Waals surface area contributed by atoms with Crippen molar-refractivity contribution in [1.82, 2.24) is 24.8 Å². The average Bonchev–Trinajstić information content (AvgIpc) is 3.58. The normalized spacial score (nSPS) is 14.9. The highest BCUT2D eigenvalue weighted by Crippen LogP contribution is 2.33. The van der Waals surface area contributed by atoms with E-state index in [1.807, 2.05) is 67.3 Å². The van der Waals surface area contributed by atoms with E-state index in [2.05, 4.69) is 32.1 Å². The van der Waals surface area contributed by atoms with Crippen molar-refractivity contribution in [3.63, 3.8) is 0 Å². The van der Waals surface area contributed by atoms with Gasteiger partial charge in [0.05, 0.1) is 25.1 Å². The topological polar surface area (TPSA) is 128 Å². The SMILES string of the molecule is CC(C)N1C(=O)N(Cc2nc[nH]c(=O)c2O)CC1c1ccc(C#Cc2ccc(CNc3ncco3)cc2)cc1. The first kappa shape index (κ1) is 25.6. The molecule has 2 aromatic heterocycles. The number of hydrogen-bond donors (Lipinski definition) is 3. The minimum atomic E-state index is -0.629. The van der Waals surface area contributed by atoms with E-state index < -0.39 is 11.3 Å². The number of oxazole rings is 1. The Kier molecular flexibility index (Phi) is 7.32. The largest absolute Gasteiger partial charge is 0.502 e. The van der Waals surface area contributed by atoms with Gasteiger partial charge in [-0.2, -0.15) is 0 Å². The van der Waals surface area contributed by atoms with Gasteiger partial charge in [0, 0.05) is 30.3 Å². The number of aromatic amines is 1. The maximum Gasteiger partial charge on any atom is 0.321 e. The highest BCUT2D eigenvalue weighted by molar-refractivity contribution is 5.78. The molecule has 2 aromatic carbocycles. The van der Waals surface area contributed by atoms with Crippen LogP contribution in [0.4, 0.5) is 10.8 Å². The Bertz CT molecular complexity index is 1550. The third kappa shape index (κ3) is 5.78. The molecule has 0 aliphatic carbocycles. The molecule has 0 saturated carbocycles. The third-order valence-corrected chi connectivity index (χ3v) is 6.50. The third-order valence-electron chi connectivity index (χ3n) is 6.50. The summed E-state index contributed by atoms with van der Waals surface area (Å²) in [6, 6.07) is 15.9. The molecule has 0 bridgehead atoms. The lowest BCUT2D eigenvalue weighted by Crippen LogP contribution is -2.37. The van der Waals surface area contributed by atoms with Gasteiger partial charge in [0.2, 0.25) is 5.75 Å². The molecule has 10 heteroatoms. The summed E-state index contributed by atoms with van der Waals surface area (Å²) in [5.41, 5.74) is 3.37. The molecule has 3 N–H and O–H groups in total. The van der Waals surface area contributed by atoms with Crippen LogP contribution in [0.1, 0.15) is 47.8 Å². The molecule has 1 atom stereocenters. The number of benzene rings is 2. The summed E-state index contributed by atoms with van der Waals surface area (Å²) in [6.07, 6.45) is 4.34. The Hall–Kier alpha value is -5.04. The van der Waals surface area contributed by atoms with E-state index in [0.29, 0.717) is 19.1 Å². The zero-order valence-electron chi connectivity index (χ0n) is 21.6. The Morgan fingerprint density at radius 1 is 1.08 bits per heavy atom. The number of amides is 2. The summed E-state index contributed by atoms with van der Waals surface area (Å²) in [4.78, 5) is 38.8.